The van der Waals surface area contributed by atoms with E-state index in [2.05, 4.69) is 23.5 Å². The van der Waals surface area contributed by atoms with Crippen molar-refractivity contribution < 1.29 is 14.3 Å². The molecule has 1 atom stereocenters. The van der Waals surface area contributed by atoms with Crippen LogP contribution in [0, 0.1) is 5.92 Å². The van der Waals surface area contributed by atoms with E-state index in [4.69, 9.17) is 9.47 Å². The van der Waals surface area contributed by atoms with Gasteiger partial charge in [0.2, 0.25) is 0 Å². The Balaban J connectivity index is 1.84. The van der Waals surface area contributed by atoms with E-state index in [1.54, 1.807) is 0 Å². The number of ether oxygens (including phenoxy) is 2. The number of rotatable bonds is 4. The average Bonchev–Trinajstić information content (AvgIpc) is 3.00. The first-order valence-corrected chi connectivity index (χ1v) is 7.81. The molecular weight excluding hydrogens is 266 g/mol. The number of hydrogen-bond donors (Lipinski definition) is 1. The van der Waals surface area contributed by atoms with Gasteiger partial charge in [-0.2, -0.15) is 0 Å². The lowest BCUT2D eigenvalue weighted by Crippen LogP contribution is -2.31. The highest BCUT2D eigenvalue weighted by Crippen LogP contribution is 2.37. The van der Waals surface area contributed by atoms with Crippen LogP contribution in [-0.2, 0) is 16.0 Å². The van der Waals surface area contributed by atoms with Crippen LogP contribution in [-0.4, -0.2) is 32.8 Å². The van der Waals surface area contributed by atoms with Crippen molar-refractivity contribution in [3.8, 4) is 5.75 Å². The lowest BCUT2D eigenvalue weighted by molar-refractivity contribution is -0.141. The van der Waals surface area contributed by atoms with Gasteiger partial charge >= 0.3 is 5.97 Å². The molecule has 4 heteroatoms. The average molecular weight is 289 g/mol. The molecule has 114 valence electrons. The van der Waals surface area contributed by atoms with Crippen LogP contribution in [0.2, 0.25) is 0 Å². The predicted octanol–water partition coefficient (Wildman–Crippen LogP) is 2.27. The first-order valence-electron chi connectivity index (χ1n) is 7.81. The molecular formula is C17H23NO3. The number of carbonyl (C=O) groups is 1. The van der Waals surface area contributed by atoms with E-state index in [0.717, 1.165) is 44.7 Å². The van der Waals surface area contributed by atoms with E-state index in [-0.39, 0.29) is 11.9 Å². The van der Waals surface area contributed by atoms with E-state index in [0.29, 0.717) is 12.3 Å². The van der Waals surface area contributed by atoms with Crippen molar-refractivity contribution in [1.82, 2.24) is 5.32 Å². The molecule has 3 rings (SSSR count). The molecule has 1 aromatic carbocycles. The Morgan fingerprint density at radius 3 is 3.00 bits per heavy atom. The Kier molecular flexibility index (Phi) is 4.44. The Morgan fingerprint density at radius 1 is 1.43 bits per heavy atom. The summed E-state index contributed by atoms with van der Waals surface area (Å²) in [4.78, 5) is 11.8. The van der Waals surface area contributed by atoms with Gasteiger partial charge in [-0.05, 0) is 55.0 Å². The van der Waals surface area contributed by atoms with Gasteiger partial charge in [-0.1, -0.05) is 12.1 Å². The molecule has 1 unspecified atom stereocenters. The number of nitrogens with one attached hydrogen (secondary N) is 1. The van der Waals surface area contributed by atoms with Crippen LogP contribution in [0.4, 0.5) is 0 Å². The molecule has 2 heterocycles. The van der Waals surface area contributed by atoms with Gasteiger partial charge < -0.3 is 14.8 Å². The monoisotopic (exact) mass is 289 g/mol. The number of esters is 1. The molecule has 1 N–H and O–H groups in total. The van der Waals surface area contributed by atoms with Gasteiger partial charge in [0, 0.05) is 6.42 Å². The van der Waals surface area contributed by atoms with E-state index in [1.165, 1.54) is 18.2 Å². The second-order valence-corrected chi connectivity index (χ2v) is 5.94. The maximum absolute atomic E-state index is 11.8. The second kappa shape index (κ2) is 6.48. The van der Waals surface area contributed by atoms with Gasteiger partial charge in [-0.25, -0.2) is 0 Å². The van der Waals surface area contributed by atoms with Crippen LogP contribution in [0.5, 0.6) is 5.75 Å². The normalized spacial score (nSPS) is 19.7. The first-order chi connectivity index (χ1) is 10.3. The Labute approximate surface area is 125 Å². The largest absolute Gasteiger partial charge is 0.493 e. The third-order valence-corrected chi connectivity index (χ3v) is 4.72. The molecule has 0 bridgehead atoms. The zero-order chi connectivity index (χ0) is 14.7. The van der Waals surface area contributed by atoms with Crippen LogP contribution < -0.4 is 10.1 Å². The summed E-state index contributed by atoms with van der Waals surface area (Å²) in [6.45, 7) is 2.83. The van der Waals surface area contributed by atoms with Gasteiger partial charge in [-0.15, -0.1) is 0 Å². The molecule has 21 heavy (non-hydrogen) atoms. The van der Waals surface area contributed by atoms with E-state index >= 15 is 0 Å². The number of hydrogen-bond acceptors (Lipinski definition) is 4. The fourth-order valence-electron chi connectivity index (χ4n) is 3.48. The zero-order valence-corrected chi connectivity index (χ0v) is 12.6. The summed E-state index contributed by atoms with van der Waals surface area (Å²) in [6.07, 6.45) is 3.67. The number of fused-ring (bicyclic) bond motifs is 1. The molecule has 2 aliphatic heterocycles. The van der Waals surface area contributed by atoms with Crippen LogP contribution in [0.3, 0.4) is 0 Å². The van der Waals surface area contributed by atoms with Crippen LogP contribution in [0.25, 0.3) is 0 Å². The maximum Gasteiger partial charge on any atom is 0.306 e. The molecule has 2 aliphatic rings. The Bertz CT molecular complexity index is 509. The minimum absolute atomic E-state index is 0.125. The van der Waals surface area contributed by atoms with Crippen molar-refractivity contribution in [2.24, 2.45) is 5.92 Å². The SMILES string of the molecule is COC(=O)CC(c1ccc2c(c1)OCC2)C1CCNCC1. The predicted molar refractivity (Wildman–Crippen MR) is 80.6 cm³/mol. The fourth-order valence-corrected chi connectivity index (χ4v) is 3.48. The first kappa shape index (κ1) is 14.4. The summed E-state index contributed by atoms with van der Waals surface area (Å²) in [5.74, 6) is 1.63. The molecule has 1 aromatic rings. The Hall–Kier alpha value is -1.55. The zero-order valence-electron chi connectivity index (χ0n) is 12.6. The van der Waals surface area contributed by atoms with Crippen LogP contribution in [0.1, 0.15) is 36.3 Å². The highest BCUT2D eigenvalue weighted by atomic mass is 16.5. The highest BCUT2D eigenvalue weighted by Gasteiger charge is 2.28. The number of methoxy groups -OCH3 is 1. The van der Waals surface area contributed by atoms with Crippen LogP contribution in [0.15, 0.2) is 18.2 Å². The highest BCUT2D eigenvalue weighted by molar-refractivity contribution is 5.70. The topological polar surface area (TPSA) is 47.6 Å². The standard InChI is InChI=1S/C17H23NO3/c1-20-17(19)11-15(12-4-7-18-8-5-12)14-3-2-13-6-9-21-16(13)10-14/h2-3,10,12,15,18H,4-9,11H2,1H3. The van der Waals surface area contributed by atoms with E-state index < -0.39 is 0 Å². The third-order valence-electron chi connectivity index (χ3n) is 4.72. The van der Waals surface area contributed by atoms with Crippen molar-refractivity contribution in [3.63, 3.8) is 0 Å². The molecule has 0 spiro atoms. The minimum atomic E-state index is -0.125. The van der Waals surface area contributed by atoms with Gasteiger partial charge in [-0.3, -0.25) is 4.79 Å². The molecule has 0 aliphatic carbocycles. The molecule has 0 radical (unpaired) electrons. The van der Waals surface area contributed by atoms with Crippen LogP contribution >= 0.6 is 0 Å². The van der Waals surface area contributed by atoms with Gasteiger partial charge in [0.25, 0.3) is 0 Å². The van der Waals surface area contributed by atoms with Crippen molar-refractivity contribution in [1.29, 1.82) is 0 Å². The van der Waals surface area contributed by atoms with E-state index in [9.17, 15) is 4.79 Å². The lowest BCUT2D eigenvalue weighted by Gasteiger charge is -2.30. The van der Waals surface area contributed by atoms with Gasteiger partial charge in [0.15, 0.2) is 0 Å². The van der Waals surface area contributed by atoms with E-state index in [1.807, 2.05) is 0 Å². The number of carbonyl (C=O) groups excluding carboxylic acids is 1. The second-order valence-electron chi connectivity index (χ2n) is 5.94. The summed E-state index contributed by atoms with van der Waals surface area (Å²) in [6, 6.07) is 6.46. The summed E-state index contributed by atoms with van der Waals surface area (Å²) in [7, 11) is 1.47. The van der Waals surface area contributed by atoms with Gasteiger partial charge in [0.1, 0.15) is 5.75 Å². The van der Waals surface area contributed by atoms with Crippen molar-refractivity contribution in [2.45, 2.75) is 31.6 Å². The molecule has 0 saturated carbocycles. The summed E-state index contributed by atoms with van der Waals surface area (Å²) >= 11 is 0. The van der Waals surface area contributed by atoms with Gasteiger partial charge in [0.05, 0.1) is 20.1 Å². The molecule has 4 nitrogen and oxygen atoms in total. The maximum atomic E-state index is 11.8. The fraction of sp³-hybridized carbons (Fsp3) is 0.588. The molecule has 1 fully saturated rings. The third kappa shape index (κ3) is 3.21. The quantitative estimate of drug-likeness (QED) is 0.864. The Morgan fingerprint density at radius 2 is 2.24 bits per heavy atom. The van der Waals surface area contributed by atoms with Crippen molar-refractivity contribution in [2.75, 3.05) is 26.8 Å². The van der Waals surface area contributed by atoms with Crippen molar-refractivity contribution >= 4 is 5.97 Å². The summed E-state index contributed by atoms with van der Waals surface area (Å²) in [5.41, 5.74) is 2.49. The van der Waals surface area contributed by atoms with Crippen molar-refractivity contribution in [3.05, 3.63) is 29.3 Å². The number of benzene rings is 1. The smallest absolute Gasteiger partial charge is 0.306 e. The summed E-state index contributed by atoms with van der Waals surface area (Å²) in [5, 5.41) is 3.39. The summed E-state index contributed by atoms with van der Waals surface area (Å²) < 4.78 is 10.6. The molecule has 1 saturated heterocycles. The molecule has 0 amide bonds. The lowest BCUT2D eigenvalue weighted by atomic mass is 9.78. The number of piperidine rings is 1. The minimum Gasteiger partial charge on any atom is -0.493 e. The molecule has 0 aromatic heterocycles.